The molecule has 26 heavy (non-hydrogen) atoms. The maximum absolute atomic E-state index is 5.87. The average Bonchev–Trinajstić information content (AvgIpc) is 3.06. The molecule has 0 radical (unpaired) electrons. The van der Waals surface area contributed by atoms with E-state index in [4.69, 9.17) is 9.47 Å². The Morgan fingerprint density at radius 1 is 1.38 bits per heavy atom. The van der Waals surface area contributed by atoms with Crippen molar-refractivity contribution >= 4 is 29.9 Å². The van der Waals surface area contributed by atoms with Crippen molar-refractivity contribution < 1.29 is 9.47 Å². The Morgan fingerprint density at radius 3 is 2.85 bits per heavy atom. The first-order chi connectivity index (χ1) is 12.0. The predicted molar refractivity (Wildman–Crippen MR) is 117 cm³/mol. The van der Waals surface area contributed by atoms with E-state index in [1.54, 1.807) is 7.11 Å². The van der Waals surface area contributed by atoms with Gasteiger partial charge in [0, 0.05) is 37.6 Å². The lowest BCUT2D eigenvalue weighted by molar-refractivity contribution is -0.106. The number of hydrogen-bond donors (Lipinski definition) is 2. The second-order valence-corrected chi connectivity index (χ2v) is 7.74. The summed E-state index contributed by atoms with van der Waals surface area (Å²) in [6, 6.07) is 6.80. The van der Waals surface area contributed by atoms with Crippen LogP contribution in [0.3, 0.4) is 0 Å². The second-order valence-electron chi connectivity index (χ2n) is 7.74. The topological polar surface area (TPSA) is 54.9 Å². The number of rotatable bonds is 5. The maximum atomic E-state index is 5.87. The molecule has 0 bridgehead atoms. The summed E-state index contributed by atoms with van der Waals surface area (Å²) < 4.78 is 11.3. The first-order valence-corrected chi connectivity index (χ1v) is 9.19. The van der Waals surface area contributed by atoms with Crippen LogP contribution in [0.5, 0.6) is 5.75 Å². The minimum Gasteiger partial charge on any atom is -0.496 e. The fourth-order valence-electron chi connectivity index (χ4n) is 4.30. The van der Waals surface area contributed by atoms with Gasteiger partial charge in [0.05, 0.1) is 13.2 Å². The molecular formula is C20H32IN3O2. The number of nitrogens with zero attached hydrogens (tertiary/aromatic N) is 1. The highest BCUT2D eigenvalue weighted by atomic mass is 127. The minimum atomic E-state index is 0. The van der Waals surface area contributed by atoms with E-state index in [1.807, 2.05) is 7.05 Å². The van der Waals surface area contributed by atoms with Gasteiger partial charge in [-0.2, -0.15) is 0 Å². The van der Waals surface area contributed by atoms with Crippen molar-refractivity contribution in [3.63, 3.8) is 0 Å². The lowest BCUT2D eigenvalue weighted by Gasteiger charge is -2.54. The Morgan fingerprint density at radius 2 is 2.15 bits per heavy atom. The smallest absolute Gasteiger partial charge is 0.191 e. The lowest BCUT2D eigenvalue weighted by Crippen LogP contribution is -2.68. The Bertz CT molecular complexity index is 648. The fraction of sp³-hybridized carbons (Fsp3) is 0.650. The van der Waals surface area contributed by atoms with Crippen LogP contribution < -0.4 is 15.4 Å². The molecule has 146 valence electrons. The molecule has 0 aromatic heterocycles. The quantitative estimate of drug-likeness (QED) is 0.392. The van der Waals surface area contributed by atoms with Crippen molar-refractivity contribution in [2.24, 2.45) is 16.3 Å². The third kappa shape index (κ3) is 4.11. The van der Waals surface area contributed by atoms with E-state index >= 15 is 0 Å². The average molecular weight is 473 g/mol. The lowest BCUT2D eigenvalue weighted by atomic mass is 9.57. The van der Waals surface area contributed by atoms with Crippen molar-refractivity contribution in [1.29, 1.82) is 0 Å². The van der Waals surface area contributed by atoms with Crippen LogP contribution >= 0.6 is 24.0 Å². The number of benzene rings is 1. The van der Waals surface area contributed by atoms with E-state index < -0.39 is 0 Å². The normalized spacial score (nSPS) is 26.3. The van der Waals surface area contributed by atoms with Gasteiger partial charge in [-0.3, -0.25) is 4.99 Å². The van der Waals surface area contributed by atoms with E-state index in [0.29, 0.717) is 18.1 Å². The highest BCUT2D eigenvalue weighted by Crippen LogP contribution is 2.52. The van der Waals surface area contributed by atoms with Gasteiger partial charge in [0.2, 0.25) is 0 Å². The summed E-state index contributed by atoms with van der Waals surface area (Å²) in [7, 11) is 3.55. The van der Waals surface area contributed by atoms with Crippen LogP contribution in [0.25, 0.3) is 0 Å². The number of halogens is 1. The minimum absolute atomic E-state index is 0. The van der Waals surface area contributed by atoms with E-state index in [1.165, 1.54) is 5.56 Å². The number of aliphatic imine (C=N–C) groups is 1. The molecule has 1 aliphatic heterocycles. The molecule has 1 aromatic carbocycles. The van der Waals surface area contributed by atoms with E-state index in [0.717, 1.165) is 43.3 Å². The van der Waals surface area contributed by atoms with Crippen LogP contribution in [0.4, 0.5) is 0 Å². The van der Waals surface area contributed by atoms with Gasteiger partial charge in [-0.25, -0.2) is 0 Å². The van der Waals surface area contributed by atoms with Crippen LogP contribution in [-0.2, 0) is 11.2 Å². The molecule has 0 amide bonds. The molecule has 6 heteroatoms. The summed E-state index contributed by atoms with van der Waals surface area (Å²) in [4.78, 5) is 4.40. The summed E-state index contributed by atoms with van der Waals surface area (Å²) in [6.07, 6.45) is 2.47. The third-order valence-electron chi connectivity index (χ3n) is 5.79. The largest absolute Gasteiger partial charge is 0.496 e. The molecule has 0 spiro atoms. The summed E-state index contributed by atoms with van der Waals surface area (Å²) in [5.41, 5.74) is 2.58. The number of hydrogen-bond acceptors (Lipinski definition) is 3. The Labute approximate surface area is 174 Å². The molecule has 2 N–H and O–H groups in total. The molecule has 3 rings (SSSR count). The Balaban J connectivity index is 0.00000243. The summed E-state index contributed by atoms with van der Waals surface area (Å²) in [6.45, 7) is 8.35. The Hall–Kier alpha value is -1.02. The molecule has 1 saturated carbocycles. The zero-order valence-electron chi connectivity index (χ0n) is 16.5. The van der Waals surface area contributed by atoms with Crippen LogP contribution in [0.1, 0.15) is 31.4 Å². The summed E-state index contributed by atoms with van der Waals surface area (Å²) in [5, 5.41) is 7.06. The highest BCUT2D eigenvalue weighted by molar-refractivity contribution is 14.0. The van der Waals surface area contributed by atoms with Crippen LogP contribution in [0.15, 0.2) is 23.2 Å². The van der Waals surface area contributed by atoms with Crippen molar-refractivity contribution in [3.05, 3.63) is 29.3 Å². The van der Waals surface area contributed by atoms with E-state index in [2.05, 4.69) is 54.6 Å². The molecule has 3 unspecified atom stereocenters. The van der Waals surface area contributed by atoms with Gasteiger partial charge < -0.3 is 20.1 Å². The zero-order valence-corrected chi connectivity index (χ0v) is 18.8. The molecule has 1 heterocycles. The fourth-order valence-corrected chi connectivity index (χ4v) is 4.30. The van der Waals surface area contributed by atoms with Gasteiger partial charge >= 0.3 is 0 Å². The van der Waals surface area contributed by atoms with Gasteiger partial charge in [0.25, 0.3) is 0 Å². The molecule has 2 fully saturated rings. The molecule has 1 saturated heterocycles. The third-order valence-corrected chi connectivity index (χ3v) is 5.79. The first-order valence-electron chi connectivity index (χ1n) is 9.19. The molecular weight excluding hydrogens is 441 g/mol. The Kier molecular flexibility index (Phi) is 7.19. The highest BCUT2D eigenvalue weighted by Gasteiger charge is 2.59. The van der Waals surface area contributed by atoms with Crippen molar-refractivity contribution in [2.45, 2.75) is 45.8 Å². The van der Waals surface area contributed by atoms with E-state index in [9.17, 15) is 0 Å². The number of ether oxygens (including phenoxy) is 2. The standard InChI is InChI=1S/C20H31N3O2.HI/c1-13-6-7-14(12-16(13)24-5)8-10-22-19(21-4)23-17-15-9-11-25-18(15)20(17,2)3;/h6-7,12,15,17-18H,8-11H2,1-5H3,(H2,21,22,23);1H. The maximum Gasteiger partial charge on any atom is 0.191 e. The van der Waals surface area contributed by atoms with Gasteiger partial charge in [0.1, 0.15) is 5.75 Å². The molecule has 2 aliphatic rings. The number of aryl methyl sites for hydroxylation is 1. The van der Waals surface area contributed by atoms with Gasteiger partial charge in [-0.1, -0.05) is 26.0 Å². The number of guanidine groups is 1. The van der Waals surface area contributed by atoms with Gasteiger partial charge in [0.15, 0.2) is 5.96 Å². The zero-order chi connectivity index (χ0) is 18.0. The van der Waals surface area contributed by atoms with Crippen molar-refractivity contribution in [1.82, 2.24) is 10.6 Å². The van der Waals surface area contributed by atoms with Crippen LogP contribution in [0.2, 0.25) is 0 Å². The SMILES string of the molecule is CN=C(NCCc1ccc(C)c(OC)c1)NC1C2CCOC2C1(C)C.I. The number of fused-ring (bicyclic) bond motifs is 1. The monoisotopic (exact) mass is 473 g/mol. The molecule has 1 aromatic rings. The van der Waals surface area contributed by atoms with Gasteiger partial charge in [-0.15, -0.1) is 24.0 Å². The molecule has 5 nitrogen and oxygen atoms in total. The van der Waals surface area contributed by atoms with Crippen molar-refractivity contribution in [3.8, 4) is 5.75 Å². The van der Waals surface area contributed by atoms with Crippen LogP contribution in [0, 0.1) is 18.3 Å². The summed E-state index contributed by atoms with van der Waals surface area (Å²) in [5.74, 6) is 2.43. The number of nitrogens with one attached hydrogen (secondary N) is 2. The van der Waals surface area contributed by atoms with E-state index in [-0.39, 0.29) is 29.4 Å². The molecule has 3 atom stereocenters. The van der Waals surface area contributed by atoms with Crippen molar-refractivity contribution in [2.75, 3.05) is 27.3 Å². The van der Waals surface area contributed by atoms with Gasteiger partial charge in [-0.05, 0) is 37.0 Å². The molecule has 1 aliphatic carbocycles. The predicted octanol–water partition coefficient (Wildman–Crippen LogP) is 3.14. The van der Waals surface area contributed by atoms with Crippen LogP contribution in [-0.4, -0.2) is 45.4 Å². The summed E-state index contributed by atoms with van der Waals surface area (Å²) >= 11 is 0. The number of methoxy groups -OCH3 is 1. The second kappa shape index (κ2) is 8.78. The first kappa shape index (κ1) is 21.3.